The van der Waals surface area contributed by atoms with E-state index in [-0.39, 0.29) is 17.4 Å². The molecule has 0 spiro atoms. The van der Waals surface area contributed by atoms with Gasteiger partial charge in [0.1, 0.15) is 12.4 Å². The van der Waals surface area contributed by atoms with Gasteiger partial charge in [-0.3, -0.25) is 0 Å². The van der Waals surface area contributed by atoms with Crippen LogP contribution in [0.5, 0.6) is 5.75 Å². The van der Waals surface area contributed by atoms with Gasteiger partial charge in [0, 0.05) is 25.2 Å². The molecule has 1 rings (SSSR count). The molecule has 0 saturated carbocycles. The number of hydrogen-bond acceptors (Lipinski definition) is 3. The van der Waals surface area contributed by atoms with Crippen LogP contribution < -0.4 is 10.1 Å². The van der Waals surface area contributed by atoms with Gasteiger partial charge in [0.2, 0.25) is 0 Å². The third-order valence-corrected chi connectivity index (χ3v) is 2.65. The monoisotopic (exact) mass is 323 g/mol. The molecule has 1 aromatic rings. The van der Waals surface area contributed by atoms with Crippen molar-refractivity contribution in [1.29, 1.82) is 0 Å². The molecule has 1 N–H and O–H groups in total. The summed E-state index contributed by atoms with van der Waals surface area (Å²) in [7, 11) is 1.56. The molecule has 0 aromatic heterocycles. The van der Waals surface area contributed by atoms with E-state index in [0.29, 0.717) is 25.3 Å². The van der Waals surface area contributed by atoms with E-state index in [0.717, 1.165) is 6.07 Å². The predicted molar refractivity (Wildman–Crippen MR) is 75.5 cm³/mol. The molecule has 0 atom stereocenters. The molecular formula is C14H17ClF3NO2. The molecule has 3 nitrogen and oxygen atoms in total. The van der Waals surface area contributed by atoms with Crippen LogP contribution in [0, 0.1) is 0 Å². The van der Waals surface area contributed by atoms with Gasteiger partial charge in [0.15, 0.2) is 0 Å². The number of alkyl halides is 3. The van der Waals surface area contributed by atoms with Gasteiger partial charge in [0.05, 0.1) is 12.2 Å². The first-order valence-corrected chi connectivity index (χ1v) is 6.58. The lowest BCUT2D eigenvalue weighted by Gasteiger charge is -2.15. The van der Waals surface area contributed by atoms with Gasteiger partial charge >= 0.3 is 6.18 Å². The van der Waals surface area contributed by atoms with E-state index >= 15 is 0 Å². The minimum absolute atomic E-state index is 0.133. The molecule has 0 aliphatic carbocycles. The first-order chi connectivity index (χ1) is 9.84. The SMILES string of the molecule is C=C(Cl)COc1ccc(CNCCOC)cc1C(F)(F)F. The van der Waals surface area contributed by atoms with Crippen molar-refractivity contribution >= 4 is 11.6 Å². The largest absolute Gasteiger partial charge is 0.487 e. The summed E-state index contributed by atoms with van der Waals surface area (Å²) in [5.41, 5.74) is -0.318. The minimum atomic E-state index is -4.49. The van der Waals surface area contributed by atoms with Crippen LogP contribution >= 0.6 is 11.6 Å². The number of nitrogens with one attached hydrogen (secondary N) is 1. The van der Waals surface area contributed by atoms with Crippen LogP contribution in [0.25, 0.3) is 0 Å². The molecular weight excluding hydrogens is 307 g/mol. The lowest BCUT2D eigenvalue weighted by molar-refractivity contribution is -0.138. The molecule has 0 heterocycles. The average molecular weight is 324 g/mol. The third kappa shape index (κ3) is 6.37. The van der Waals surface area contributed by atoms with Crippen LogP contribution in [-0.4, -0.2) is 26.9 Å². The first kappa shape index (κ1) is 17.8. The van der Waals surface area contributed by atoms with E-state index in [1.807, 2.05) is 0 Å². The Morgan fingerprint density at radius 1 is 1.38 bits per heavy atom. The zero-order valence-corrected chi connectivity index (χ0v) is 12.4. The average Bonchev–Trinajstić information content (AvgIpc) is 2.41. The van der Waals surface area contributed by atoms with Gasteiger partial charge < -0.3 is 14.8 Å². The Morgan fingerprint density at radius 3 is 2.67 bits per heavy atom. The zero-order chi connectivity index (χ0) is 15.9. The fourth-order valence-corrected chi connectivity index (χ4v) is 1.65. The highest BCUT2D eigenvalue weighted by Crippen LogP contribution is 2.37. The first-order valence-electron chi connectivity index (χ1n) is 6.20. The summed E-state index contributed by atoms with van der Waals surface area (Å²) < 4.78 is 48.9. The number of hydrogen-bond donors (Lipinski definition) is 1. The Labute approximate surface area is 126 Å². The molecule has 0 saturated heterocycles. The molecule has 0 bridgehead atoms. The van der Waals surface area contributed by atoms with Gasteiger partial charge in [-0.1, -0.05) is 24.2 Å². The molecule has 0 amide bonds. The maximum atomic E-state index is 13.0. The third-order valence-electron chi connectivity index (χ3n) is 2.55. The fourth-order valence-electron chi connectivity index (χ4n) is 1.60. The van der Waals surface area contributed by atoms with Crippen molar-refractivity contribution in [1.82, 2.24) is 5.32 Å². The molecule has 21 heavy (non-hydrogen) atoms. The van der Waals surface area contributed by atoms with E-state index in [1.54, 1.807) is 13.2 Å². The molecule has 0 fully saturated rings. The highest BCUT2D eigenvalue weighted by Gasteiger charge is 2.34. The topological polar surface area (TPSA) is 30.5 Å². The summed E-state index contributed by atoms with van der Waals surface area (Å²) in [4.78, 5) is 0. The fraction of sp³-hybridized carbons (Fsp3) is 0.429. The van der Waals surface area contributed by atoms with Crippen molar-refractivity contribution < 1.29 is 22.6 Å². The van der Waals surface area contributed by atoms with E-state index in [4.69, 9.17) is 21.1 Å². The van der Waals surface area contributed by atoms with E-state index in [9.17, 15) is 13.2 Å². The van der Waals surface area contributed by atoms with Crippen molar-refractivity contribution in [3.63, 3.8) is 0 Å². The Bertz CT molecular complexity index is 478. The quantitative estimate of drug-likeness (QED) is 0.742. The summed E-state index contributed by atoms with van der Waals surface area (Å²) in [5.74, 6) is -0.259. The van der Waals surface area contributed by atoms with Gasteiger partial charge in [-0.25, -0.2) is 0 Å². The normalized spacial score (nSPS) is 11.5. The van der Waals surface area contributed by atoms with Crippen molar-refractivity contribution in [3.8, 4) is 5.75 Å². The van der Waals surface area contributed by atoms with Crippen LogP contribution in [0.3, 0.4) is 0 Å². The molecule has 0 unspecified atom stereocenters. The van der Waals surface area contributed by atoms with Crippen molar-refractivity contribution in [2.24, 2.45) is 0 Å². The Hall–Kier alpha value is -1.24. The highest BCUT2D eigenvalue weighted by molar-refractivity contribution is 6.29. The van der Waals surface area contributed by atoms with Crippen molar-refractivity contribution in [2.75, 3.05) is 26.9 Å². The summed E-state index contributed by atoms with van der Waals surface area (Å²) in [5, 5.41) is 3.12. The van der Waals surface area contributed by atoms with Gasteiger partial charge in [-0.15, -0.1) is 0 Å². The Morgan fingerprint density at radius 2 is 2.10 bits per heavy atom. The summed E-state index contributed by atoms with van der Waals surface area (Å²) in [6, 6.07) is 3.92. The molecule has 7 heteroatoms. The standard InChI is InChI=1S/C14H17ClF3NO2/c1-10(15)9-21-13-4-3-11(8-19-5-6-20-2)7-12(13)14(16,17)18/h3-4,7,19H,1,5-6,8-9H2,2H3. The van der Waals surface area contributed by atoms with Gasteiger partial charge in [-0.05, 0) is 17.7 Å². The Balaban J connectivity index is 2.83. The molecule has 0 aliphatic heterocycles. The second-order valence-electron chi connectivity index (χ2n) is 4.30. The van der Waals surface area contributed by atoms with Crippen molar-refractivity contribution in [3.05, 3.63) is 40.9 Å². The summed E-state index contributed by atoms with van der Waals surface area (Å²) >= 11 is 5.50. The zero-order valence-electron chi connectivity index (χ0n) is 11.6. The van der Waals surface area contributed by atoms with E-state index < -0.39 is 11.7 Å². The maximum absolute atomic E-state index is 13.0. The number of benzene rings is 1. The summed E-state index contributed by atoms with van der Waals surface area (Å²) in [6.07, 6.45) is -4.49. The molecule has 0 radical (unpaired) electrons. The predicted octanol–water partition coefficient (Wildman–Crippen LogP) is 3.57. The molecule has 0 aliphatic rings. The maximum Gasteiger partial charge on any atom is 0.419 e. The lowest BCUT2D eigenvalue weighted by atomic mass is 10.1. The smallest absolute Gasteiger partial charge is 0.419 e. The van der Waals surface area contributed by atoms with Crippen LogP contribution in [0.15, 0.2) is 29.8 Å². The van der Waals surface area contributed by atoms with Crippen molar-refractivity contribution in [2.45, 2.75) is 12.7 Å². The van der Waals surface area contributed by atoms with Gasteiger partial charge in [-0.2, -0.15) is 13.2 Å². The number of halogens is 4. The molecule has 118 valence electrons. The number of rotatable bonds is 8. The molecule has 1 aromatic carbocycles. The van der Waals surface area contributed by atoms with Crippen LogP contribution in [0.4, 0.5) is 13.2 Å². The number of methoxy groups -OCH3 is 1. The number of ether oxygens (including phenoxy) is 2. The lowest BCUT2D eigenvalue weighted by Crippen LogP contribution is -2.19. The minimum Gasteiger partial charge on any atom is -0.487 e. The second kappa shape index (κ2) is 8.26. The van der Waals surface area contributed by atoms with Crippen LogP contribution in [-0.2, 0) is 17.5 Å². The van der Waals surface area contributed by atoms with Crippen LogP contribution in [0.2, 0.25) is 0 Å². The van der Waals surface area contributed by atoms with Gasteiger partial charge in [0.25, 0.3) is 0 Å². The van der Waals surface area contributed by atoms with E-state index in [2.05, 4.69) is 11.9 Å². The highest BCUT2D eigenvalue weighted by atomic mass is 35.5. The van der Waals surface area contributed by atoms with E-state index in [1.165, 1.54) is 6.07 Å². The second-order valence-corrected chi connectivity index (χ2v) is 4.84. The summed E-state index contributed by atoms with van der Waals surface area (Å²) in [6.45, 7) is 4.57. The Kier molecular flexibility index (Phi) is 7.01. The van der Waals surface area contributed by atoms with Crippen LogP contribution in [0.1, 0.15) is 11.1 Å².